The van der Waals surface area contributed by atoms with Crippen molar-refractivity contribution in [3.05, 3.63) is 55.7 Å². The van der Waals surface area contributed by atoms with Crippen LogP contribution >= 0.6 is 12.2 Å². The minimum absolute atomic E-state index is 0.0142. The van der Waals surface area contributed by atoms with Gasteiger partial charge in [-0.3, -0.25) is 14.6 Å². The number of phenols is 1. The Kier molecular flexibility index (Phi) is 4.35. The first-order chi connectivity index (χ1) is 13.0. The number of aromatic nitrogens is 2. The van der Waals surface area contributed by atoms with Gasteiger partial charge < -0.3 is 20.1 Å². The molecule has 0 amide bonds. The van der Waals surface area contributed by atoms with Gasteiger partial charge in [-0.25, -0.2) is 0 Å². The fourth-order valence-corrected chi connectivity index (χ4v) is 4.00. The van der Waals surface area contributed by atoms with Crippen molar-refractivity contribution in [2.24, 2.45) is 0 Å². The number of benzene rings is 1. The average molecular weight is 385 g/mol. The maximum absolute atomic E-state index is 12.8. The molecule has 1 aromatic heterocycles. The average Bonchev–Trinajstić information content (AvgIpc) is 2.62. The van der Waals surface area contributed by atoms with E-state index in [1.54, 1.807) is 12.1 Å². The van der Waals surface area contributed by atoms with Gasteiger partial charge in [0.15, 0.2) is 22.1 Å². The number of anilines is 1. The molecule has 1 atom stereocenters. The summed E-state index contributed by atoms with van der Waals surface area (Å²) in [5.41, 5.74) is 2.18. The van der Waals surface area contributed by atoms with E-state index in [4.69, 9.17) is 17.0 Å². The normalized spacial score (nSPS) is 18.6. The van der Waals surface area contributed by atoms with E-state index in [0.29, 0.717) is 41.3 Å². The zero-order valence-corrected chi connectivity index (χ0v) is 15.5. The number of carbonyl (C=O) groups is 1. The van der Waals surface area contributed by atoms with Crippen molar-refractivity contribution in [1.82, 2.24) is 9.97 Å². The molecule has 2 aliphatic rings. The smallest absolute Gasteiger partial charge is 0.257 e. The molecule has 1 aromatic carbocycles. The highest BCUT2D eigenvalue weighted by Gasteiger charge is 2.37. The van der Waals surface area contributed by atoms with Gasteiger partial charge in [-0.2, -0.15) is 0 Å². The summed E-state index contributed by atoms with van der Waals surface area (Å²) in [6.45, 7) is 2.21. The van der Waals surface area contributed by atoms with Crippen molar-refractivity contribution in [3.8, 4) is 11.5 Å². The predicted molar refractivity (Wildman–Crippen MR) is 103 cm³/mol. The van der Waals surface area contributed by atoms with Gasteiger partial charge in [0.05, 0.1) is 12.2 Å². The predicted octanol–water partition coefficient (Wildman–Crippen LogP) is 3.10. The Hall–Kier alpha value is -2.87. The van der Waals surface area contributed by atoms with Crippen LogP contribution in [0.1, 0.15) is 43.2 Å². The number of carbonyl (C=O) groups excluding carboxylic acids is 1. The molecule has 0 bridgehead atoms. The maximum Gasteiger partial charge on any atom is 0.257 e. The van der Waals surface area contributed by atoms with Gasteiger partial charge in [0.1, 0.15) is 5.82 Å². The maximum atomic E-state index is 12.8. The third-order valence-electron chi connectivity index (χ3n) is 4.91. The van der Waals surface area contributed by atoms with Gasteiger partial charge in [-0.15, -0.1) is 0 Å². The molecule has 1 aliphatic carbocycles. The molecule has 2 heterocycles. The highest BCUT2D eigenvalue weighted by Crippen LogP contribution is 2.44. The molecule has 0 saturated heterocycles. The largest absolute Gasteiger partial charge is 0.504 e. The van der Waals surface area contributed by atoms with Crippen LogP contribution < -0.4 is 15.6 Å². The van der Waals surface area contributed by atoms with Crippen molar-refractivity contribution in [3.63, 3.8) is 0 Å². The fourth-order valence-electron chi connectivity index (χ4n) is 3.81. The summed E-state index contributed by atoms with van der Waals surface area (Å²) < 4.78 is 5.71. The Labute approximate surface area is 160 Å². The summed E-state index contributed by atoms with van der Waals surface area (Å²) in [6.07, 6.45) is 1.93. The van der Waals surface area contributed by atoms with Gasteiger partial charge in [-0.1, -0.05) is 6.07 Å². The molecule has 27 heavy (non-hydrogen) atoms. The van der Waals surface area contributed by atoms with Crippen LogP contribution in [0.5, 0.6) is 11.5 Å². The number of allylic oxidation sites excluding steroid dienone is 2. The number of hydrogen-bond acceptors (Lipinski definition) is 6. The quantitative estimate of drug-likeness (QED) is 0.605. The van der Waals surface area contributed by atoms with Gasteiger partial charge in [0.2, 0.25) is 0 Å². The van der Waals surface area contributed by atoms with E-state index in [-0.39, 0.29) is 21.9 Å². The Morgan fingerprint density at radius 1 is 1.26 bits per heavy atom. The fraction of sp³-hybridized carbons (Fsp3) is 0.316. The summed E-state index contributed by atoms with van der Waals surface area (Å²) in [5.74, 6) is 0.307. The number of Topliss-reactive ketones (excluding diaryl/α,β-unsaturated/α-hetero) is 1. The molecule has 8 heteroatoms. The molecule has 2 aromatic rings. The lowest BCUT2D eigenvalue weighted by atomic mass is 9.76. The van der Waals surface area contributed by atoms with Crippen molar-refractivity contribution >= 4 is 23.8 Å². The lowest BCUT2D eigenvalue weighted by molar-refractivity contribution is -0.116. The van der Waals surface area contributed by atoms with E-state index in [1.165, 1.54) is 6.07 Å². The summed E-state index contributed by atoms with van der Waals surface area (Å²) in [5, 5.41) is 13.2. The number of aromatic hydroxyl groups is 1. The summed E-state index contributed by atoms with van der Waals surface area (Å²) >= 11 is 5.10. The molecule has 0 spiro atoms. The number of nitrogens with one attached hydrogen (secondary N) is 3. The number of ketones is 1. The van der Waals surface area contributed by atoms with Crippen LogP contribution in [0.25, 0.3) is 0 Å². The number of rotatable bonds is 3. The topological polar surface area (TPSA) is 107 Å². The molecule has 4 N–H and O–H groups in total. The first kappa shape index (κ1) is 17.5. The number of ether oxygens (including phenoxy) is 1. The third-order valence-corrected chi connectivity index (χ3v) is 5.11. The van der Waals surface area contributed by atoms with Crippen LogP contribution in [0.4, 0.5) is 5.82 Å². The van der Waals surface area contributed by atoms with Crippen LogP contribution in [-0.2, 0) is 4.79 Å². The number of hydrogen-bond donors (Lipinski definition) is 4. The molecule has 4 rings (SSSR count). The molecule has 140 valence electrons. The second kappa shape index (κ2) is 6.70. The van der Waals surface area contributed by atoms with E-state index >= 15 is 0 Å². The van der Waals surface area contributed by atoms with Gasteiger partial charge in [-0.05, 0) is 49.7 Å². The Morgan fingerprint density at radius 2 is 2.07 bits per heavy atom. The van der Waals surface area contributed by atoms with Crippen molar-refractivity contribution in [1.29, 1.82) is 0 Å². The molecule has 0 radical (unpaired) electrons. The SMILES string of the molecule is CCOc1cc([C@@H]2C3=C(CCCC3=O)Nc3[nH]c(=S)[nH]c(=O)c32)ccc1O. The van der Waals surface area contributed by atoms with Crippen molar-refractivity contribution in [2.45, 2.75) is 32.1 Å². The molecule has 7 nitrogen and oxygen atoms in total. The van der Waals surface area contributed by atoms with Gasteiger partial charge >= 0.3 is 0 Å². The first-order valence-electron chi connectivity index (χ1n) is 8.85. The second-order valence-corrected chi connectivity index (χ2v) is 6.99. The zero-order valence-electron chi connectivity index (χ0n) is 14.7. The van der Waals surface area contributed by atoms with E-state index in [0.717, 1.165) is 18.5 Å². The first-order valence-corrected chi connectivity index (χ1v) is 9.26. The van der Waals surface area contributed by atoms with E-state index < -0.39 is 5.92 Å². The lowest BCUT2D eigenvalue weighted by Crippen LogP contribution is -2.32. The Bertz CT molecular complexity index is 1080. The minimum Gasteiger partial charge on any atom is -0.504 e. The Morgan fingerprint density at radius 3 is 2.85 bits per heavy atom. The van der Waals surface area contributed by atoms with Crippen LogP contribution in [0, 0.1) is 4.77 Å². The van der Waals surface area contributed by atoms with Crippen LogP contribution in [0.2, 0.25) is 0 Å². The standard InChI is InChI=1S/C19H19N3O4S/c1-2-26-13-8-9(6-7-11(13)23)14-15-10(4-3-5-12(15)24)20-17-16(14)18(25)22-19(27)21-17/h6-8,14,23H,2-5H2,1H3,(H3,20,21,22,25,27)/t14-/m1/s1. The summed E-state index contributed by atoms with van der Waals surface area (Å²) in [6, 6.07) is 4.92. The van der Waals surface area contributed by atoms with E-state index in [2.05, 4.69) is 15.3 Å². The van der Waals surface area contributed by atoms with Crippen LogP contribution in [0.3, 0.4) is 0 Å². The number of H-pyrrole nitrogens is 2. The van der Waals surface area contributed by atoms with Crippen LogP contribution in [-0.4, -0.2) is 27.5 Å². The summed E-state index contributed by atoms with van der Waals surface area (Å²) in [4.78, 5) is 31.1. The highest BCUT2D eigenvalue weighted by atomic mass is 32.1. The van der Waals surface area contributed by atoms with Crippen molar-refractivity contribution in [2.75, 3.05) is 11.9 Å². The molecule has 0 saturated carbocycles. The molecule has 1 aliphatic heterocycles. The number of fused-ring (bicyclic) bond motifs is 1. The van der Waals surface area contributed by atoms with E-state index in [1.807, 2.05) is 6.92 Å². The Balaban J connectivity index is 1.98. The molecule has 0 fully saturated rings. The lowest BCUT2D eigenvalue weighted by Gasteiger charge is -2.33. The minimum atomic E-state index is -0.556. The molecule has 0 unspecified atom stereocenters. The monoisotopic (exact) mass is 385 g/mol. The molecular weight excluding hydrogens is 366 g/mol. The third kappa shape index (κ3) is 2.95. The highest BCUT2D eigenvalue weighted by molar-refractivity contribution is 7.71. The van der Waals surface area contributed by atoms with E-state index in [9.17, 15) is 14.7 Å². The second-order valence-electron chi connectivity index (χ2n) is 6.58. The summed E-state index contributed by atoms with van der Waals surface area (Å²) in [7, 11) is 0. The zero-order chi connectivity index (χ0) is 19.1. The van der Waals surface area contributed by atoms with Crippen LogP contribution in [0.15, 0.2) is 34.3 Å². The van der Waals surface area contributed by atoms with Crippen molar-refractivity contribution < 1.29 is 14.6 Å². The number of phenolic OH excluding ortho intramolecular Hbond substituents is 1. The molecular formula is C19H19N3O4S. The van der Waals surface area contributed by atoms with Gasteiger partial charge in [0, 0.05) is 23.6 Å². The van der Waals surface area contributed by atoms with Gasteiger partial charge in [0.25, 0.3) is 5.56 Å². The number of aromatic amines is 2.